The van der Waals surface area contributed by atoms with Crippen LogP contribution in [-0.4, -0.2) is 23.4 Å². The summed E-state index contributed by atoms with van der Waals surface area (Å²) in [4.78, 5) is 37.1. The summed E-state index contributed by atoms with van der Waals surface area (Å²) < 4.78 is 14.9. The van der Waals surface area contributed by atoms with Gasteiger partial charge in [-0.1, -0.05) is 26.0 Å². The van der Waals surface area contributed by atoms with Gasteiger partial charge in [-0.05, 0) is 30.0 Å². The van der Waals surface area contributed by atoms with E-state index in [0.29, 0.717) is 18.0 Å². The smallest absolute Gasteiger partial charge is 0.257 e. The third-order valence-electron chi connectivity index (χ3n) is 4.10. The van der Waals surface area contributed by atoms with E-state index in [4.69, 9.17) is 0 Å². The lowest BCUT2D eigenvalue weighted by Crippen LogP contribution is -2.34. The molecule has 144 valence electrons. The van der Waals surface area contributed by atoms with Crippen LogP contribution < -0.4 is 16.1 Å². The number of hydrogen-bond acceptors (Lipinski definition) is 3. The van der Waals surface area contributed by atoms with E-state index in [-0.39, 0.29) is 17.7 Å². The molecular formula is C20H24FN3O3. The first-order valence-electron chi connectivity index (χ1n) is 8.80. The summed E-state index contributed by atoms with van der Waals surface area (Å²) in [7, 11) is 1.43. The van der Waals surface area contributed by atoms with Gasteiger partial charge in [0, 0.05) is 32.5 Å². The maximum atomic E-state index is 13.3. The predicted octanol–water partition coefficient (Wildman–Crippen LogP) is 2.32. The molecule has 0 aliphatic rings. The fourth-order valence-corrected chi connectivity index (χ4v) is 2.55. The van der Waals surface area contributed by atoms with Gasteiger partial charge in [0.2, 0.25) is 5.43 Å². The number of hydrogen-bond donors (Lipinski definition) is 2. The Morgan fingerprint density at radius 2 is 1.81 bits per heavy atom. The van der Waals surface area contributed by atoms with Gasteiger partial charge < -0.3 is 15.2 Å². The minimum atomic E-state index is -0.633. The van der Waals surface area contributed by atoms with Crippen molar-refractivity contribution in [2.75, 3.05) is 7.05 Å². The summed E-state index contributed by atoms with van der Waals surface area (Å²) in [5.74, 6) is -1.12. The molecule has 0 aliphatic heterocycles. The van der Waals surface area contributed by atoms with E-state index in [2.05, 4.69) is 24.5 Å². The molecule has 6 nitrogen and oxygen atoms in total. The highest BCUT2D eigenvalue weighted by Gasteiger charge is 2.18. The lowest BCUT2D eigenvalue weighted by molar-refractivity contribution is 0.0948. The first-order chi connectivity index (χ1) is 12.8. The van der Waals surface area contributed by atoms with Gasteiger partial charge in [-0.25, -0.2) is 4.39 Å². The van der Waals surface area contributed by atoms with Crippen LogP contribution in [0.15, 0.2) is 41.5 Å². The Morgan fingerprint density at radius 1 is 1.15 bits per heavy atom. The van der Waals surface area contributed by atoms with Gasteiger partial charge in [0.1, 0.15) is 16.9 Å². The molecule has 2 N–H and O–H groups in total. The third kappa shape index (κ3) is 5.51. The van der Waals surface area contributed by atoms with Crippen LogP contribution in [-0.2, 0) is 13.1 Å². The van der Waals surface area contributed by atoms with Crippen LogP contribution in [0, 0.1) is 11.7 Å². The Labute approximate surface area is 157 Å². The number of halogens is 1. The number of carbonyl (C=O) groups excluding carboxylic acids is 2. The summed E-state index contributed by atoms with van der Waals surface area (Å²) in [6, 6.07) is 5.83. The molecule has 2 aromatic rings. The van der Waals surface area contributed by atoms with E-state index in [1.165, 1.54) is 31.6 Å². The topological polar surface area (TPSA) is 80.2 Å². The number of benzene rings is 1. The van der Waals surface area contributed by atoms with Crippen molar-refractivity contribution in [1.29, 1.82) is 0 Å². The number of pyridine rings is 1. The van der Waals surface area contributed by atoms with E-state index in [0.717, 1.165) is 6.42 Å². The fraction of sp³-hybridized carbons (Fsp3) is 0.350. The Kier molecular flexibility index (Phi) is 6.87. The quantitative estimate of drug-likeness (QED) is 0.782. The van der Waals surface area contributed by atoms with Gasteiger partial charge >= 0.3 is 0 Å². The monoisotopic (exact) mass is 373 g/mol. The minimum absolute atomic E-state index is 0.0756. The van der Waals surface area contributed by atoms with Gasteiger partial charge in [0.15, 0.2) is 0 Å². The zero-order valence-corrected chi connectivity index (χ0v) is 15.7. The summed E-state index contributed by atoms with van der Waals surface area (Å²) in [6.07, 6.45) is 3.76. The highest BCUT2D eigenvalue weighted by molar-refractivity contribution is 5.99. The normalized spacial score (nSPS) is 10.7. The zero-order chi connectivity index (χ0) is 20.0. The molecule has 27 heavy (non-hydrogen) atoms. The largest absolute Gasteiger partial charge is 0.355 e. The minimum Gasteiger partial charge on any atom is -0.355 e. The molecule has 0 aliphatic carbocycles. The maximum Gasteiger partial charge on any atom is 0.257 e. The standard InChI is InChI=1S/C20H24FN3O3/c1-13(2)7-8-24-11-16(19(26)22-3)18(25)17(12-24)20(27)23-10-14-5-4-6-15(21)9-14/h4-6,9,11-13H,7-8,10H2,1-3H3,(H,22,26)(H,23,27). The van der Waals surface area contributed by atoms with Gasteiger partial charge in [-0.15, -0.1) is 0 Å². The van der Waals surface area contributed by atoms with E-state index < -0.39 is 23.1 Å². The Bertz CT molecular complexity index is 890. The van der Waals surface area contributed by atoms with Crippen molar-refractivity contribution in [2.45, 2.75) is 33.4 Å². The number of carbonyl (C=O) groups is 2. The average Bonchev–Trinajstić information content (AvgIpc) is 2.64. The molecule has 1 aromatic carbocycles. The number of nitrogens with one attached hydrogen (secondary N) is 2. The molecule has 0 fully saturated rings. The van der Waals surface area contributed by atoms with Crippen molar-refractivity contribution in [3.8, 4) is 0 Å². The predicted molar refractivity (Wildman–Crippen MR) is 101 cm³/mol. The summed E-state index contributed by atoms with van der Waals surface area (Å²) in [5.41, 5.74) is -0.256. The second kappa shape index (κ2) is 9.12. The van der Waals surface area contributed by atoms with Crippen molar-refractivity contribution in [3.63, 3.8) is 0 Å². The van der Waals surface area contributed by atoms with Gasteiger partial charge in [-0.3, -0.25) is 14.4 Å². The fourth-order valence-electron chi connectivity index (χ4n) is 2.55. The molecule has 0 bridgehead atoms. The third-order valence-corrected chi connectivity index (χ3v) is 4.10. The molecular weight excluding hydrogens is 349 g/mol. The Balaban J connectivity index is 2.29. The van der Waals surface area contributed by atoms with Crippen LogP contribution in [0.3, 0.4) is 0 Å². The lowest BCUT2D eigenvalue weighted by Gasteiger charge is -2.13. The number of aromatic nitrogens is 1. The number of amides is 2. The summed E-state index contributed by atoms with van der Waals surface area (Å²) in [5, 5.41) is 5.03. The van der Waals surface area contributed by atoms with Crippen LogP contribution in [0.2, 0.25) is 0 Å². The second-order valence-electron chi connectivity index (χ2n) is 6.73. The van der Waals surface area contributed by atoms with Gasteiger partial charge in [0.05, 0.1) is 0 Å². The molecule has 0 atom stereocenters. The van der Waals surface area contributed by atoms with Crippen molar-refractivity contribution in [2.24, 2.45) is 5.92 Å². The molecule has 7 heteroatoms. The van der Waals surface area contributed by atoms with Gasteiger partial charge in [0.25, 0.3) is 11.8 Å². The van der Waals surface area contributed by atoms with Crippen LogP contribution in [0.4, 0.5) is 4.39 Å². The van der Waals surface area contributed by atoms with Crippen LogP contribution >= 0.6 is 0 Å². The van der Waals surface area contributed by atoms with Crippen LogP contribution in [0.1, 0.15) is 46.5 Å². The maximum absolute atomic E-state index is 13.3. The molecule has 0 saturated carbocycles. The molecule has 0 radical (unpaired) electrons. The van der Waals surface area contributed by atoms with Crippen LogP contribution in [0.5, 0.6) is 0 Å². The van der Waals surface area contributed by atoms with E-state index in [1.54, 1.807) is 16.7 Å². The van der Waals surface area contributed by atoms with E-state index in [9.17, 15) is 18.8 Å². The number of rotatable bonds is 7. The number of aryl methyl sites for hydroxylation is 1. The second-order valence-corrected chi connectivity index (χ2v) is 6.73. The molecule has 0 unspecified atom stereocenters. The SMILES string of the molecule is CNC(=O)c1cn(CCC(C)C)cc(C(=O)NCc2cccc(F)c2)c1=O. The van der Waals surface area contributed by atoms with Crippen molar-refractivity contribution in [1.82, 2.24) is 15.2 Å². The Morgan fingerprint density at radius 3 is 2.41 bits per heavy atom. The van der Waals surface area contributed by atoms with E-state index in [1.807, 2.05) is 0 Å². The first kappa shape index (κ1) is 20.4. The molecule has 0 spiro atoms. The van der Waals surface area contributed by atoms with Crippen molar-refractivity contribution >= 4 is 11.8 Å². The van der Waals surface area contributed by atoms with Crippen molar-refractivity contribution < 1.29 is 14.0 Å². The molecule has 1 heterocycles. The molecule has 2 amide bonds. The van der Waals surface area contributed by atoms with Gasteiger partial charge in [-0.2, -0.15) is 0 Å². The Hall–Kier alpha value is -2.96. The van der Waals surface area contributed by atoms with Crippen molar-refractivity contribution in [3.05, 3.63) is 69.4 Å². The summed E-state index contributed by atoms with van der Waals surface area (Å²) >= 11 is 0. The highest BCUT2D eigenvalue weighted by Crippen LogP contribution is 2.07. The average molecular weight is 373 g/mol. The lowest BCUT2D eigenvalue weighted by atomic mass is 10.1. The van der Waals surface area contributed by atoms with E-state index >= 15 is 0 Å². The molecule has 2 rings (SSSR count). The molecule has 0 saturated heterocycles. The number of nitrogens with zero attached hydrogens (tertiary/aromatic N) is 1. The summed E-state index contributed by atoms with van der Waals surface area (Å²) in [6.45, 7) is 4.78. The van der Waals surface area contributed by atoms with Crippen LogP contribution in [0.25, 0.3) is 0 Å². The zero-order valence-electron chi connectivity index (χ0n) is 15.7. The first-order valence-corrected chi connectivity index (χ1v) is 8.80. The molecule has 1 aromatic heterocycles. The highest BCUT2D eigenvalue weighted by atomic mass is 19.1.